The maximum Gasteiger partial charge on any atom is 0.193 e. The molecular weight excluding hydrogens is 439 g/mol. The number of guanidine groups is 1. The van der Waals surface area contributed by atoms with Gasteiger partial charge in [0.2, 0.25) is 0 Å². The van der Waals surface area contributed by atoms with Crippen LogP contribution in [-0.4, -0.2) is 57.3 Å². The lowest BCUT2D eigenvalue weighted by molar-refractivity contribution is 0.114. The Hall–Kier alpha value is -1.28. The van der Waals surface area contributed by atoms with Crippen LogP contribution < -0.4 is 10.2 Å². The average molecular weight is 470 g/mol. The number of ether oxygens (including phenoxy) is 1. The Morgan fingerprint density at radius 1 is 1.31 bits per heavy atom. The van der Waals surface area contributed by atoms with Gasteiger partial charge in [-0.3, -0.25) is 4.99 Å². The van der Waals surface area contributed by atoms with Crippen LogP contribution in [-0.2, 0) is 11.3 Å². The SMILES string of the molecule is CCOCC1CCN(C(=NC)NCc2cccc(N3CC=CC3)c2)C1.I. The largest absolute Gasteiger partial charge is 0.381 e. The summed E-state index contributed by atoms with van der Waals surface area (Å²) in [5, 5.41) is 3.52. The first kappa shape index (κ1) is 21.0. The van der Waals surface area contributed by atoms with Gasteiger partial charge >= 0.3 is 0 Å². The Bertz CT molecular complexity index is 612. The summed E-state index contributed by atoms with van der Waals surface area (Å²) in [6.45, 7) is 8.60. The van der Waals surface area contributed by atoms with Crippen LogP contribution in [0.3, 0.4) is 0 Å². The molecule has 0 aliphatic carbocycles. The summed E-state index contributed by atoms with van der Waals surface area (Å²) in [7, 11) is 1.87. The molecule has 6 heteroatoms. The van der Waals surface area contributed by atoms with Crippen molar-refractivity contribution in [3.63, 3.8) is 0 Å². The summed E-state index contributed by atoms with van der Waals surface area (Å²) in [5.74, 6) is 1.61. The van der Waals surface area contributed by atoms with E-state index in [2.05, 4.69) is 63.5 Å². The Morgan fingerprint density at radius 2 is 2.12 bits per heavy atom. The van der Waals surface area contributed by atoms with E-state index < -0.39 is 0 Å². The minimum absolute atomic E-state index is 0. The van der Waals surface area contributed by atoms with Gasteiger partial charge < -0.3 is 19.9 Å². The fraction of sp³-hybridized carbons (Fsp3) is 0.550. The van der Waals surface area contributed by atoms with Gasteiger partial charge in [0.15, 0.2) is 5.96 Å². The number of hydrogen-bond acceptors (Lipinski definition) is 3. The Balaban J connectivity index is 0.00000243. The average Bonchev–Trinajstić information content (AvgIpc) is 3.33. The summed E-state index contributed by atoms with van der Waals surface area (Å²) in [4.78, 5) is 9.19. The number of aliphatic imine (C=N–C) groups is 1. The zero-order chi connectivity index (χ0) is 17.5. The van der Waals surface area contributed by atoms with Crippen molar-refractivity contribution in [2.75, 3.05) is 51.3 Å². The Kier molecular flexibility index (Phi) is 8.71. The van der Waals surface area contributed by atoms with E-state index in [1.54, 1.807) is 0 Å². The smallest absolute Gasteiger partial charge is 0.193 e. The van der Waals surface area contributed by atoms with Crippen LogP contribution in [0.15, 0.2) is 41.4 Å². The van der Waals surface area contributed by atoms with E-state index in [0.29, 0.717) is 5.92 Å². The highest BCUT2D eigenvalue weighted by Gasteiger charge is 2.24. The number of nitrogens with zero attached hydrogens (tertiary/aromatic N) is 3. The predicted octanol–water partition coefficient (Wildman–Crippen LogP) is 3.11. The van der Waals surface area contributed by atoms with Crippen LogP contribution in [0.1, 0.15) is 18.9 Å². The molecule has 0 bridgehead atoms. The van der Waals surface area contributed by atoms with Crippen molar-refractivity contribution < 1.29 is 4.74 Å². The number of hydrogen-bond donors (Lipinski definition) is 1. The molecular formula is C20H31IN4O. The van der Waals surface area contributed by atoms with Gasteiger partial charge in [-0.05, 0) is 31.0 Å². The van der Waals surface area contributed by atoms with E-state index >= 15 is 0 Å². The summed E-state index contributed by atoms with van der Waals surface area (Å²) in [5.41, 5.74) is 2.58. The molecule has 1 aromatic rings. The van der Waals surface area contributed by atoms with E-state index in [0.717, 1.165) is 51.9 Å². The van der Waals surface area contributed by atoms with Gasteiger partial charge in [-0.1, -0.05) is 24.3 Å². The number of benzene rings is 1. The number of likely N-dealkylation sites (tertiary alicyclic amines) is 1. The van der Waals surface area contributed by atoms with Crippen molar-refractivity contribution in [2.24, 2.45) is 10.9 Å². The van der Waals surface area contributed by atoms with E-state index in [1.165, 1.54) is 17.7 Å². The first-order valence-electron chi connectivity index (χ1n) is 9.32. The minimum atomic E-state index is 0. The van der Waals surface area contributed by atoms with Crippen molar-refractivity contribution in [2.45, 2.75) is 19.9 Å². The third-order valence-electron chi connectivity index (χ3n) is 4.90. The lowest BCUT2D eigenvalue weighted by Gasteiger charge is -2.22. The summed E-state index contributed by atoms with van der Waals surface area (Å²) in [6.07, 6.45) is 5.62. The molecule has 144 valence electrons. The molecule has 26 heavy (non-hydrogen) atoms. The molecule has 1 saturated heterocycles. The van der Waals surface area contributed by atoms with Gasteiger partial charge in [-0.25, -0.2) is 0 Å². The van der Waals surface area contributed by atoms with Gasteiger partial charge in [0.05, 0.1) is 6.61 Å². The van der Waals surface area contributed by atoms with Gasteiger partial charge in [0, 0.05) is 58.0 Å². The maximum absolute atomic E-state index is 5.57. The molecule has 0 aromatic heterocycles. The maximum atomic E-state index is 5.57. The van der Waals surface area contributed by atoms with E-state index in [9.17, 15) is 0 Å². The monoisotopic (exact) mass is 470 g/mol. The number of rotatable bonds is 6. The first-order chi connectivity index (χ1) is 12.3. The fourth-order valence-electron chi connectivity index (χ4n) is 3.51. The van der Waals surface area contributed by atoms with Crippen LogP contribution in [0.25, 0.3) is 0 Å². The molecule has 1 atom stereocenters. The fourth-order valence-corrected chi connectivity index (χ4v) is 3.51. The van der Waals surface area contributed by atoms with E-state index in [1.807, 2.05) is 7.05 Å². The molecule has 2 aliphatic rings. The number of nitrogens with one attached hydrogen (secondary N) is 1. The highest BCUT2D eigenvalue weighted by Crippen LogP contribution is 2.19. The van der Waals surface area contributed by atoms with E-state index in [-0.39, 0.29) is 24.0 Å². The summed E-state index contributed by atoms with van der Waals surface area (Å²) in [6, 6.07) is 8.77. The van der Waals surface area contributed by atoms with Crippen molar-refractivity contribution >= 4 is 35.6 Å². The molecule has 1 aromatic carbocycles. The van der Waals surface area contributed by atoms with Gasteiger partial charge in [-0.2, -0.15) is 0 Å². The van der Waals surface area contributed by atoms with Gasteiger partial charge in [0.1, 0.15) is 0 Å². The number of anilines is 1. The molecule has 1 fully saturated rings. The molecule has 0 amide bonds. The van der Waals surface area contributed by atoms with Crippen LogP contribution in [0.2, 0.25) is 0 Å². The molecule has 0 saturated carbocycles. The van der Waals surface area contributed by atoms with Crippen molar-refractivity contribution in [1.82, 2.24) is 10.2 Å². The third-order valence-corrected chi connectivity index (χ3v) is 4.90. The molecule has 3 rings (SSSR count). The third kappa shape index (κ3) is 5.61. The normalized spacial score (nSPS) is 19.8. The molecule has 5 nitrogen and oxygen atoms in total. The minimum Gasteiger partial charge on any atom is -0.381 e. The van der Waals surface area contributed by atoms with Gasteiger partial charge in [0.25, 0.3) is 0 Å². The second kappa shape index (κ2) is 10.8. The second-order valence-electron chi connectivity index (χ2n) is 6.71. The zero-order valence-corrected chi connectivity index (χ0v) is 18.2. The Morgan fingerprint density at radius 3 is 2.85 bits per heavy atom. The van der Waals surface area contributed by atoms with E-state index in [4.69, 9.17) is 4.74 Å². The van der Waals surface area contributed by atoms with Gasteiger partial charge in [-0.15, -0.1) is 24.0 Å². The molecule has 2 aliphatic heterocycles. The summed E-state index contributed by atoms with van der Waals surface area (Å²) < 4.78 is 5.57. The molecule has 2 heterocycles. The predicted molar refractivity (Wildman–Crippen MR) is 120 cm³/mol. The standard InChI is InChI=1S/C20H30N4O.HI/c1-3-25-16-18-9-12-24(15-18)20(21-2)22-14-17-7-6-8-19(13-17)23-10-4-5-11-23;/h4-8,13,18H,3,9-12,14-16H2,1-2H3,(H,21,22);1H. The quantitative estimate of drug-likeness (QED) is 0.300. The highest BCUT2D eigenvalue weighted by atomic mass is 127. The number of halogens is 1. The topological polar surface area (TPSA) is 40.1 Å². The van der Waals surface area contributed by atoms with Crippen molar-refractivity contribution in [1.29, 1.82) is 0 Å². The van der Waals surface area contributed by atoms with Crippen LogP contribution in [0.5, 0.6) is 0 Å². The lowest BCUT2D eigenvalue weighted by atomic mass is 10.1. The second-order valence-corrected chi connectivity index (χ2v) is 6.71. The molecule has 0 spiro atoms. The molecule has 0 radical (unpaired) electrons. The van der Waals surface area contributed by atoms with Crippen LogP contribution >= 0.6 is 24.0 Å². The molecule has 1 N–H and O–H groups in total. The highest BCUT2D eigenvalue weighted by molar-refractivity contribution is 14.0. The van der Waals surface area contributed by atoms with Crippen LogP contribution in [0, 0.1) is 5.92 Å². The Labute approximate surface area is 174 Å². The summed E-state index contributed by atoms with van der Waals surface area (Å²) >= 11 is 0. The van der Waals surface area contributed by atoms with Crippen LogP contribution in [0.4, 0.5) is 5.69 Å². The van der Waals surface area contributed by atoms with Crippen molar-refractivity contribution in [3.8, 4) is 0 Å². The zero-order valence-electron chi connectivity index (χ0n) is 15.9. The first-order valence-corrected chi connectivity index (χ1v) is 9.32. The van der Waals surface area contributed by atoms with Crippen molar-refractivity contribution in [3.05, 3.63) is 42.0 Å². The lowest BCUT2D eigenvalue weighted by Crippen LogP contribution is -2.39. The molecule has 1 unspecified atom stereocenters.